The number of esters is 6. The predicted molar refractivity (Wildman–Crippen MR) is 142 cm³/mol. The summed E-state index contributed by atoms with van der Waals surface area (Å²) in [6.45, 7) is 7.08. The summed E-state index contributed by atoms with van der Waals surface area (Å²) >= 11 is 2.63. The molecule has 2 aliphatic rings. The molecule has 0 spiro atoms. The van der Waals surface area contributed by atoms with Crippen molar-refractivity contribution in [1.29, 1.82) is 0 Å². The maximum absolute atomic E-state index is 11.8. The Kier molecular flexibility index (Phi) is 14.2. The van der Waals surface area contributed by atoms with Gasteiger partial charge in [-0.3, -0.25) is 28.8 Å². The number of carbonyl (C=O) groups excluding carboxylic acids is 6. The minimum atomic E-state index is -1.05. The van der Waals surface area contributed by atoms with Gasteiger partial charge in [0.2, 0.25) is 0 Å². The Morgan fingerprint density at radius 2 is 0.805 bits per heavy atom. The van der Waals surface area contributed by atoms with Gasteiger partial charge in [0.05, 0.1) is 13.2 Å². The average Bonchev–Trinajstić information content (AvgIpc) is 2.83. The lowest BCUT2D eigenvalue weighted by atomic mass is 10.1. The van der Waals surface area contributed by atoms with E-state index in [9.17, 15) is 28.8 Å². The van der Waals surface area contributed by atoms with Crippen LogP contribution in [-0.2, 0) is 66.7 Å². The van der Waals surface area contributed by atoms with Crippen LogP contribution in [-0.4, -0.2) is 108 Å². The Morgan fingerprint density at radius 3 is 1.10 bits per heavy atom. The van der Waals surface area contributed by atoms with Gasteiger partial charge in [-0.15, -0.1) is 23.5 Å². The number of hydrogen-bond donors (Lipinski definition) is 0. The Bertz CT molecular complexity index is 885. The van der Waals surface area contributed by atoms with Crippen LogP contribution < -0.4 is 0 Å². The molecule has 0 N–H and O–H groups in total. The quantitative estimate of drug-likeness (QED) is 0.171. The van der Waals surface area contributed by atoms with Crippen LogP contribution in [0.5, 0.6) is 0 Å². The summed E-state index contributed by atoms with van der Waals surface area (Å²) < 4.78 is 43.6. The first-order valence-corrected chi connectivity index (χ1v) is 14.9. The molecule has 0 aromatic heterocycles. The Morgan fingerprint density at radius 1 is 0.512 bits per heavy atom. The fourth-order valence-electron chi connectivity index (χ4n) is 4.16. The molecular weight excluding hydrogens is 588 g/mol. The first-order chi connectivity index (χ1) is 19.3. The second kappa shape index (κ2) is 16.8. The third-order valence-corrected chi connectivity index (χ3v) is 7.98. The maximum atomic E-state index is 11.8. The highest BCUT2D eigenvalue weighted by Crippen LogP contribution is 2.33. The number of rotatable bonds is 12. The molecule has 8 atom stereocenters. The van der Waals surface area contributed by atoms with Crippen LogP contribution in [0.1, 0.15) is 48.0 Å². The predicted octanol–water partition coefficient (Wildman–Crippen LogP) is 1.15. The molecule has 41 heavy (non-hydrogen) atoms. The van der Waals surface area contributed by atoms with Crippen LogP contribution in [0, 0.1) is 0 Å². The minimum Gasteiger partial charge on any atom is -0.456 e. The summed E-state index contributed by atoms with van der Waals surface area (Å²) in [6.07, 6.45) is -5.46. The lowest BCUT2D eigenvalue weighted by Gasteiger charge is -2.40. The molecule has 2 rings (SSSR count). The van der Waals surface area contributed by atoms with Crippen molar-refractivity contribution in [2.75, 3.05) is 24.7 Å². The molecule has 2 heterocycles. The fraction of sp³-hybridized carbons (Fsp3) is 0.760. The van der Waals surface area contributed by atoms with Crippen molar-refractivity contribution in [2.24, 2.45) is 0 Å². The van der Waals surface area contributed by atoms with E-state index in [1.54, 1.807) is 0 Å². The summed E-state index contributed by atoms with van der Waals surface area (Å²) in [5.41, 5.74) is -1.42. The monoisotopic (exact) mass is 624 g/mol. The fourth-order valence-corrected chi connectivity index (χ4v) is 6.58. The van der Waals surface area contributed by atoms with Gasteiger partial charge in [0.25, 0.3) is 0 Å². The first kappa shape index (κ1) is 34.6. The van der Waals surface area contributed by atoms with E-state index < -0.39 is 83.3 Å². The molecule has 0 unspecified atom stereocenters. The second-order valence-electron chi connectivity index (χ2n) is 9.09. The van der Waals surface area contributed by atoms with Crippen molar-refractivity contribution in [2.45, 2.75) is 95.5 Å². The molecule has 14 nitrogen and oxygen atoms in total. The summed E-state index contributed by atoms with van der Waals surface area (Å²) in [4.78, 5) is 70.1. The molecule has 232 valence electrons. The van der Waals surface area contributed by atoms with Gasteiger partial charge in [-0.2, -0.15) is 0 Å². The van der Waals surface area contributed by atoms with Crippen LogP contribution in [0.4, 0.5) is 0 Å². The zero-order valence-electron chi connectivity index (χ0n) is 23.7. The van der Waals surface area contributed by atoms with Crippen molar-refractivity contribution in [3.8, 4) is 0 Å². The molecule has 0 aliphatic carbocycles. The van der Waals surface area contributed by atoms with E-state index in [1.165, 1.54) is 65.1 Å². The molecular formula is C25H36O14S2. The molecule has 2 fully saturated rings. The van der Waals surface area contributed by atoms with Crippen LogP contribution in [0.2, 0.25) is 0 Å². The number of hydrogen-bond acceptors (Lipinski definition) is 16. The summed E-state index contributed by atoms with van der Waals surface area (Å²) in [5, 5.41) is 0. The molecule has 0 aromatic rings. The van der Waals surface area contributed by atoms with Gasteiger partial charge >= 0.3 is 35.8 Å². The topological polar surface area (TPSA) is 176 Å². The summed E-state index contributed by atoms with van der Waals surface area (Å²) in [5.74, 6) is -2.71. The minimum absolute atomic E-state index is 0.0667. The van der Waals surface area contributed by atoms with Gasteiger partial charge in [-0.05, 0) is 17.9 Å². The molecule has 16 heteroatoms. The van der Waals surface area contributed by atoms with E-state index in [1.807, 2.05) is 0 Å². The zero-order chi connectivity index (χ0) is 30.7. The third-order valence-electron chi connectivity index (χ3n) is 5.46. The zero-order valence-corrected chi connectivity index (χ0v) is 25.3. The van der Waals surface area contributed by atoms with E-state index in [4.69, 9.17) is 37.9 Å². The maximum Gasteiger partial charge on any atom is 0.303 e. The SMILES string of the molecule is CC(=O)O[C@@H]1[C@@H](OC(C)=O)[C@H](SCCCS[C@@H]2OC[C@H](OC(C)=O)[C@H](OC(C)=O)[C@H]2OC(C)=O)OC[C@@H]1OC(C)=O. The molecule has 0 radical (unpaired) electrons. The molecule has 0 aromatic carbocycles. The smallest absolute Gasteiger partial charge is 0.303 e. The molecule has 2 aliphatic heterocycles. The van der Waals surface area contributed by atoms with Gasteiger partial charge in [-0.25, -0.2) is 0 Å². The molecule has 0 amide bonds. The van der Waals surface area contributed by atoms with Crippen LogP contribution in [0.15, 0.2) is 0 Å². The highest BCUT2D eigenvalue weighted by Gasteiger charge is 2.48. The van der Waals surface area contributed by atoms with Crippen molar-refractivity contribution in [3.05, 3.63) is 0 Å². The Hall–Kier alpha value is -2.56. The highest BCUT2D eigenvalue weighted by atomic mass is 32.2. The van der Waals surface area contributed by atoms with Crippen molar-refractivity contribution >= 4 is 59.3 Å². The lowest BCUT2D eigenvalue weighted by Crippen LogP contribution is -2.56. The van der Waals surface area contributed by atoms with Crippen molar-refractivity contribution < 1.29 is 66.7 Å². The summed E-state index contributed by atoms with van der Waals surface area (Å²) in [7, 11) is 0. The second-order valence-corrected chi connectivity index (χ2v) is 11.5. The standard InChI is InChI=1S/C25H36O14S2/c1-12(26)34-18-10-32-24(22(38-16(5)30)20(18)36-14(3)28)40-8-7-9-41-25-23(39-17(6)31)21(37-15(4)29)19(11-33-25)35-13(2)27/h18-25H,7-11H2,1-6H3/t18-,19-,20-,21-,22+,23+,24-,25-/m0/s1. The first-order valence-electron chi connectivity index (χ1n) is 12.8. The van der Waals surface area contributed by atoms with Gasteiger partial charge in [0.1, 0.15) is 10.9 Å². The van der Waals surface area contributed by atoms with Gasteiger partial charge in [0.15, 0.2) is 36.6 Å². The molecule has 0 bridgehead atoms. The van der Waals surface area contributed by atoms with Gasteiger partial charge < -0.3 is 37.9 Å². The van der Waals surface area contributed by atoms with Gasteiger partial charge in [-0.1, -0.05) is 0 Å². The highest BCUT2D eigenvalue weighted by molar-refractivity contribution is 8.00. The molecule has 2 saturated heterocycles. The van der Waals surface area contributed by atoms with Crippen molar-refractivity contribution in [1.82, 2.24) is 0 Å². The average molecular weight is 625 g/mol. The van der Waals surface area contributed by atoms with Gasteiger partial charge in [0, 0.05) is 41.5 Å². The normalized spacial score (nSPS) is 29.4. The van der Waals surface area contributed by atoms with Crippen LogP contribution >= 0.6 is 23.5 Å². The lowest BCUT2D eigenvalue weighted by molar-refractivity contribution is -0.213. The van der Waals surface area contributed by atoms with E-state index in [0.717, 1.165) is 0 Å². The Labute approximate surface area is 246 Å². The molecule has 0 saturated carbocycles. The van der Waals surface area contributed by atoms with Crippen LogP contribution in [0.3, 0.4) is 0 Å². The van der Waals surface area contributed by atoms with E-state index in [0.29, 0.717) is 17.9 Å². The number of carbonyl (C=O) groups is 6. The van der Waals surface area contributed by atoms with Crippen molar-refractivity contribution in [3.63, 3.8) is 0 Å². The Balaban J connectivity index is 2.02. The van der Waals surface area contributed by atoms with E-state index in [2.05, 4.69) is 0 Å². The van der Waals surface area contributed by atoms with Crippen LogP contribution in [0.25, 0.3) is 0 Å². The third kappa shape index (κ3) is 11.7. The largest absolute Gasteiger partial charge is 0.456 e. The number of ether oxygens (including phenoxy) is 8. The number of thioether (sulfide) groups is 2. The summed E-state index contributed by atoms with van der Waals surface area (Å²) in [6, 6.07) is 0. The van der Waals surface area contributed by atoms with E-state index >= 15 is 0 Å². The van der Waals surface area contributed by atoms with E-state index in [-0.39, 0.29) is 13.2 Å².